The van der Waals surface area contributed by atoms with Crippen LogP contribution in [-0.4, -0.2) is 42.6 Å². The summed E-state index contributed by atoms with van der Waals surface area (Å²) >= 11 is 17.9. The highest BCUT2D eigenvalue weighted by Crippen LogP contribution is 2.34. The van der Waals surface area contributed by atoms with Crippen LogP contribution in [0.25, 0.3) is 0 Å². The van der Waals surface area contributed by atoms with E-state index < -0.39 is 0 Å². The van der Waals surface area contributed by atoms with E-state index in [0.29, 0.717) is 32.9 Å². The van der Waals surface area contributed by atoms with Crippen molar-refractivity contribution in [2.24, 2.45) is 0 Å². The fourth-order valence-electron chi connectivity index (χ4n) is 3.40. The summed E-state index contributed by atoms with van der Waals surface area (Å²) < 4.78 is 5.53. The molecule has 8 heteroatoms. The van der Waals surface area contributed by atoms with Crippen LogP contribution in [0.4, 0.5) is 0 Å². The van der Waals surface area contributed by atoms with Gasteiger partial charge in [-0.2, -0.15) is 0 Å². The standard InChI is InChI=1S/C16H19Cl3N2O2.ClH/c1-21(11-4-9-2-3-10(5-11)20-9)16(22)8-23-15-7-13(18)12(17)6-14(15)19;/h6-7,9-11,20H,2-5,8H2,1H3;1H. The van der Waals surface area contributed by atoms with Gasteiger partial charge in [0.15, 0.2) is 6.61 Å². The second-order valence-corrected chi connectivity index (χ2v) is 7.47. The molecular formula is C16H20Cl4N2O2. The van der Waals surface area contributed by atoms with Gasteiger partial charge in [-0.1, -0.05) is 34.8 Å². The van der Waals surface area contributed by atoms with Gasteiger partial charge in [-0.15, -0.1) is 12.4 Å². The zero-order chi connectivity index (χ0) is 16.6. The van der Waals surface area contributed by atoms with Gasteiger partial charge in [0.25, 0.3) is 5.91 Å². The molecule has 4 nitrogen and oxygen atoms in total. The second-order valence-electron chi connectivity index (χ2n) is 6.25. The first-order valence-electron chi connectivity index (χ1n) is 7.73. The molecule has 134 valence electrons. The van der Waals surface area contributed by atoms with Crippen molar-refractivity contribution >= 4 is 53.1 Å². The number of nitrogens with zero attached hydrogens (tertiary/aromatic N) is 1. The molecule has 3 rings (SSSR count). The molecule has 2 unspecified atom stereocenters. The molecule has 1 aromatic carbocycles. The molecule has 0 aliphatic carbocycles. The maximum Gasteiger partial charge on any atom is 0.260 e. The molecule has 0 aromatic heterocycles. The summed E-state index contributed by atoms with van der Waals surface area (Å²) in [4.78, 5) is 14.2. The highest BCUT2D eigenvalue weighted by atomic mass is 35.5. The number of ether oxygens (including phenoxy) is 1. The summed E-state index contributed by atoms with van der Waals surface area (Å²) in [7, 11) is 1.84. The molecule has 2 atom stereocenters. The maximum absolute atomic E-state index is 12.4. The van der Waals surface area contributed by atoms with E-state index in [4.69, 9.17) is 39.5 Å². The molecule has 1 N–H and O–H groups in total. The fourth-order valence-corrected chi connectivity index (χ4v) is 3.99. The molecule has 24 heavy (non-hydrogen) atoms. The molecule has 2 aliphatic heterocycles. The molecule has 2 bridgehead atoms. The van der Waals surface area contributed by atoms with Crippen LogP contribution in [0.3, 0.4) is 0 Å². The summed E-state index contributed by atoms with van der Waals surface area (Å²) in [5, 5.41) is 4.63. The molecule has 2 aliphatic rings. The summed E-state index contributed by atoms with van der Waals surface area (Å²) in [5.74, 6) is 0.312. The SMILES string of the molecule is CN(C(=O)COc1cc(Cl)c(Cl)cc1Cl)C1CC2CCC(C1)N2.Cl. The highest BCUT2D eigenvalue weighted by Gasteiger charge is 2.36. The van der Waals surface area contributed by atoms with Gasteiger partial charge >= 0.3 is 0 Å². The minimum absolute atomic E-state index is 0. The number of rotatable bonds is 4. The van der Waals surface area contributed by atoms with Gasteiger partial charge in [-0.3, -0.25) is 4.79 Å². The Balaban J connectivity index is 0.00000208. The number of amides is 1. The van der Waals surface area contributed by atoms with E-state index in [1.807, 2.05) is 7.05 Å². The number of hydrogen-bond acceptors (Lipinski definition) is 3. The molecule has 0 radical (unpaired) electrons. The minimum Gasteiger partial charge on any atom is -0.482 e. The molecule has 0 saturated carbocycles. The van der Waals surface area contributed by atoms with Gasteiger partial charge in [-0.25, -0.2) is 0 Å². The van der Waals surface area contributed by atoms with Crippen LogP contribution < -0.4 is 10.1 Å². The summed E-state index contributed by atoms with van der Waals surface area (Å²) in [6.45, 7) is -0.0621. The lowest BCUT2D eigenvalue weighted by Gasteiger charge is -2.35. The lowest BCUT2D eigenvalue weighted by Crippen LogP contribution is -2.49. The smallest absolute Gasteiger partial charge is 0.260 e. The van der Waals surface area contributed by atoms with Crippen LogP contribution in [0, 0.1) is 0 Å². The average Bonchev–Trinajstić information content (AvgIpc) is 2.86. The molecular weight excluding hydrogens is 394 g/mol. The van der Waals surface area contributed by atoms with Crippen molar-refractivity contribution < 1.29 is 9.53 Å². The third kappa shape index (κ3) is 4.41. The molecule has 0 spiro atoms. The Morgan fingerprint density at radius 1 is 1.17 bits per heavy atom. The molecule has 1 aromatic rings. The van der Waals surface area contributed by atoms with Crippen molar-refractivity contribution in [3.63, 3.8) is 0 Å². The van der Waals surface area contributed by atoms with E-state index in [0.717, 1.165) is 12.8 Å². The van der Waals surface area contributed by atoms with E-state index in [1.165, 1.54) is 25.0 Å². The molecule has 2 fully saturated rings. The quantitative estimate of drug-likeness (QED) is 0.752. The first-order chi connectivity index (χ1) is 10.9. The number of carbonyl (C=O) groups excluding carboxylic acids is 1. The zero-order valence-electron chi connectivity index (χ0n) is 13.2. The zero-order valence-corrected chi connectivity index (χ0v) is 16.3. The van der Waals surface area contributed by atoms with E-state index in [1.54, 1.807) is 4.90 Å². The van der Waals surface area contributed by atoms with Gasteiger partial charge in [-0.05, 0) is 31.7 Å². The van der Waals surface area contributed by atoms with E-state index in [9.17, 15) is 4.79 Å². The van der Waals surface area contributed by atoms with Crippen molar-refractivity contribution in [3.05, 3.63) is 27.2 Å². The van der Waals surface area contributed by atoms with Crippen LogP contribution in [-0.2, 0) is 4.79 Å². The second kappa shape index (κ2) is 8.33. The number of halogens is 4. The monoisotopic (exact) mass is 412 g/mol. The third-order valence-corrected chi connectivity index (χ3v) is 5.73. The summed E-state index contributed by atoms with van der Waals surface area (Å²) in [6.07, 6.45) is 4.43. The number of likely N-dealkylation sites (N-methyl/N-ethyl adjacent to an activating group) is 1. The first kappa shape index (κ1) is 19.9. The number of piperidine rings is 1. The normalized spacial score (nSPS) is 25.1. The number of hydrogen-bond donors (Lipinski definition) is 1. The van der Waals surface area contributed by atoms with Crippen LogP contribution in [0.5, 0.6) is 5.75 Å². The Hall–Kier alpha value is -0.390. The Kier molecular flexibility index (Phi) is 6.91. The lowest BCUT2D eigenvalue weighted by atomic mass is 9.98. The minimum atomic E-state index is -0.0621. The first-order valence-corrected chi connectivity index (χ1v) is 8.86. The van der Waals surface area contributed by atoms with Crippen molar-refractivity contribution in [1.29, 1.82) is 0 Å². The van der Waals surface area contributed by atoms with Crippen LogP contribution in [0.2, 0.25) is 15.1 Å². The van der Waals surface area contributed by atoms with Crippen molar-refractivity contribution in [2.45, 2.75) is 43.8 Å². The van der Waals surface area contributed by atoms with Gasteiger partial charge in [0.1, 0.15) is 5.75 Å². The number of benzene rings is 1. The maximum atomic E-state index is 12.4. The third-order valence-electron chi connectivity index (χ3n) is 4.72. The Morgan fingerprint density at radius 3 is 2.38 bits per heavy atom. The summed E-state index contributed by atoms with van der Waals surface area (Å²) in [6, 6.07) is 4.40. The van der Waals surface area contributed by atoms with Crippen LogP contribution in [0.1, 0.15) is 25.7 Å². The van der Waals surface area contributed by atoms with Crippen molar-refractivity contribution in [2.75, 3.05) is 13.7 Å². The lowest BCUT2D eigenvalue weighted by molar-refractivity contribution is -0.134. The van der Waals surface area contributed by atoms with Gasteiger partial charge in [0, 0.05) is 31.2 Å². The number of carbonyl (C=O) groups is 1. The average molecular weight is 414 g/mol. The van der Waals surface area contributed by atoms with Crippen LogP contribution >= 0.6 is 47.2 Å². The van der Waals surface area contributed by atoms with E-state index in [2.05, 4.69) is 5.32 Å². The molecule has 1 amide bonds. The summed E-state index contributed by atoms with van der Waals surface area (Å²) in [5.41, 5.74) is 0. The van der Waals surface area contributed by atoms with Gasteiger partial charge in [0.2, 0.25) is 0 Å². The van der Waals surface area contributed by atoms with Gasteiger partial charge < -0.3 is 15.0 Å². The largest absolute Gasteiger partial charge is 0.482 e. The topological polar surface area (TPSA) is 41.6 Å². The Morgan fingerprint density at radius 2 is 1.75 bits per heavy atom. The predicted octanol–water partition coefficient (Wildman–Crippen LogP) is 4.19. The highest BCUT2D eigenvalue weighted by molar-refractivity contribution is 6.43. The van der Waals surface area contributed by atoms with E-state index in [-0.39, 0.29) is 31.0 Å². The fraction of sp³-hybridized carbons (Fsp3) is 0.562. The van der Waals surface area contributed by atoms with Crippen molar-refractivity contribution in [1.82, 2.24) is 10.2 Å². The van der Waals surface area contributed by atoms with Crippen LogP contribution in [0.15, 0.2) is 12.1 Å². The number of fused-ring (bicyclic) bond motifs is 2. The van der Waals surface area contributed by atoms with E-state index >= 15 is 0 Å². The molecule has 2 saturated heterocycles. The van der Waals surface area contributed by atoms with Gasteiger partial charge in [0.05, 0.1) is 15.1 Å². The number of nitrogens with one attached hydrogen (secondary N) is 1. The predicted molar refractivity (Wildman–Crippen MR) is 100.0 cm³/mol. The Labute approximate surface area is 163 Å². The molecule has 2 heterocycles. The van der Waals surface area contributed by atoms with Crippen molar-refractivity contribution in [3.8, 4) is 5.75 Å². The Bertz CT molecular complexity index is 602.